The SMILES string of the molecule is O=C(CO)[C@@H](O)[C@H](O)[C@H](O)CO.O=C(CO)[C@@H](O)[C@H](O)[C@H](O)CO.O=C(CO)[C@@H](O)[C@H](O)[C@H](O)CO.O=C(CO)[C@@H](O)[C@H](O)[C@H](O)CO.O=P([O-])([O-])OP(=O)([O-])[O-].[Na+].[Na+].[Na+].[Na+]. The fourth-order valence-electron chi connectivity index (χ4n) is 2.53. The molecule has 0 aromatic carbocycles. The summed E-state index contributed by atoms with van der Waals surface area (Å²) in [6, 6.07) is 0. The Hall–Kier alpha value is 2.14. The van der Waals surface area contributed by atoms with Gasteiger partial charge in [0, 0.05) is 0 Å². The van der Waals surface area contributed by atoms with Gasteiger partial charge in [-0.15, -0.1) is 0 Å². The van der Waals surface area contributed by atoms with Crippen LogP contribution >= 0.6 is 15.6 Å². The van der Waals surface area contributed by atoms with Crippen LogP contribution in [0.2, 0.25) is 0 Å². The van der Waals surface area contributed by atoms with Crippen LogP contribution in [0.3, 0.4) is 0 Å². The Kier molecular flexibility index (Phi) is 62.6. The molecule has 37 heteroatoms. The van der Waals surface area contributed by atoms with E-state index in [-0.39, 0.29) is 118 Å². The number of ketones is 4. The summed E-state index contributed by atoms with van der Waals surface area (Å²) < 4.78 is 21.2. The summed E-state index contributed by atoms with van der Waals surface area (Å²) in [6.07, 6.45) is -20.9. The van der Waals surface area contributed by atoms with Gasteiger partial charge in [-0.05, 0) is 0 Å². The molecule has 0 fully saturated rings. The smallest absolute Gasteiger partial charge is 0.790 e. The number of phosphoric acid groups is 2. The summed E-state index contributed by atoms with van der Waals surface area (Å²) in [5, 5.41) is 172. The van der Waals surface area contributed by atoms with E-state index in [4.69, 9.17) is 102 Å². The van der Waals surface area contributed by atoms with Gasteiger partial charge in [0.2, 0.25) is 0 Å². The van der Waals surface area contributed by atoms with Gasteiger partial charge in [-0.2, -0.15) is 0 Å². The molecular formula is C24H48Na4O31P2. The molecule has 0 unspecified atom stereocenters. The average molecular weight is 987 g/mol. The summed E-state index contributed by atoms with van der Waals surface area (Å²) in [4.78, 5) is 79.4. The van der Waals surface area contributed by atoms with Crippen molar-refractivity contribution in [3.8, 4) is 0 Å². The molecule has 31 nitrogen and oxygen atoms in total. The molecule has 0 radical (unpaired) electrons. The van der Waals surface area contributed by atoms with Crippen molar-refractivity contribution >= 4 is 38.8 Å². The Labute approximate surface area is 433 Å². The molecule has 0 aliphatic carbocycles. The summed E-state index contributed by atoms with van der Waals surface area (Å²) in [5.74, 6) is -4.02. The van der Waals surface area contributed by atoms with E-state index < -0.39 is 165 Å². The molecule has 0 saturated heterocycles. The van der Waals surface area contributed by atoms with E-state index in [0.717, 1.165) is 0 Å². The zero-order chi connectivity index (χ0) is 46.6. The summed E-state index contributed by atoms with van der Waals surface area (Å²) in [6.45, 7) is -6.75. The van der Waals surface area contributed by atoms with E-state index in [1.54, 1.807) is 0 Å². The Morgan fingerprint density at radius 3 is 0.557 bits per heavy atom. The minimum Gasteiger partial charge on any atom is -0.790 e. The first kappa shape index (κ1) is 83.2. The van der Waals surface area contributed by atoms with Crippen molar-refractivity contribution in [1.82, 2.24) is 0 Å². The van der Waals surface area contributed by atoms with Crippen LogP contribution in [-0.4, -0.2) is 251 Å². The number of rotatable bonds is 22. The molecule has 344 valence electrons. The van der Waals surface area contributed by atoms with Crippen LogP contribution in [-0.2, 0) is 32.6 Å². The quantitative estimate of drug-likeness (QED) is 0.0354. The fraction of sp³-hybridized carbons (Fsp3) is 0.833. The largest absolute Gasteiger partial charge is 1.00 e. The maximum atomic E-state index is 10.5. The van der Waals surface area contributed by atoms with Gasteiger partial charge in [0.15, 0.2) is 23.1 Å². The first-order valence-electron chi connectivity index (χ1n) is 14.8. The van der Waals surface area contributed by atoms with Crippen LogP contribution < -0.4 is 138 Å². The van der Waals surface area contributed by atoms with Crippen LogP contribution in [0.1, 0.15) is 0 Å². The van der Waals surface area contributed by atoms with Crippen molar-refractivity contribution in [1.29, 1.82) is 0 Å². The summed E-state index contributed by atoms with van der Waals surface area (Å²) >= 11 is 0. The molecule has 0 amide bonds. The van der Waals surface area contributed by atoms with E-state index in [1.807, 2.05) is 0 Å². The molecule has 0 aliphatic heterocycles. The number of hydrogen-bond donors (Lipinski definition) is 20. The van der Waals surface area contributed by atoms with Gasteiger partial charge in [0.1, 0.15) is 99.7 Å². The standard InChI is InChI=1S/4C6H12O6.4Na.H4O7P2/c4*7-1-3(9)5(11)6(12)4(10)2-8;;;;;1-8(2,3)7-9(4,5)6/h4*3,5-9,11-12H,1-2H2;;;;;(H2,1,2,3)(H2,4,5,6)/q;;;;4*+1;/p-4/t4*3-,5-,6-;;;;;/m1111...../s1. The van der Waals surface area contributed by atoms with Crippen LogP contribution in [0, 0.1) is 0 Å². The number of aliphatic hydroxyl groups excluding tert-OH is 20. The Morgan fingerprint density at radius 1 is 0.361 bits per heavy atom. The summed E-state index contributed by atoms with van der Waals surface area (Å²) in [5.41, 5.74) is 0. The number of carbonyl (C=O) groups is 4. The second-order valence-electron chi connectivity index (χ2n) is 10.2. The first-order valence-corrected chi connectivity index (χ1v) is 17.7. The van der Waals surface area contributed by atoms with Crippen LogP contribution in [0.15, 0.2) is 0 Å². The van der Waals surface area contributed by atoms with Crippen LogP contribution in [0.5, 0.6) is 0 Å². The number of carbonyl (C=O) groups excluding carboxylic acids is 4. The Balaban J connectivity index is -0.0000000781. The topological polar surface area (TPSA) is 608 Å². The third-order valence-electron chi connectivity index (χ3n) is 5.76. The van der Waals surface area contributed by atoms with E-state index in [9.17, 15) is 47.9 Å². The predicted molar refractivity (Wildman–Crippen MR) is 165 cm³/mol. The maximum Gasteiger partial charge on any atom is 1.00 e. The van der Waals surface area contributed by atoms with Gasteiger partial charge in [-0.25, -0.2) is 0 Å². The molecular weight excluding hydrogens is 938 g/mol. The maximum absolute atomic E-state index is 10.5. The molecule has 0 aromatic heterocycles. The zero-order valence-corrected chi connectivity index (χ0v) is 42.7. The molecule has 0 rings (SSSR count). The zero-order valence-electron chi connectivity index (χ0n) is 32.9. The Morgan fingerprint density at radius 2 is 0.492 bits per heavy atom. The number of Topliss-reactive ketones (excluding diaryl/α,β-unsaturated/α-hetero) is 4. The minimum atomic E-state index is -5.68. The van der Waals surface area contributed by atoms with Gasteiger partial charge < -0.3 is 135 Å². The van der Waals surface area contributed by atoms with Gasteiger partial charge in [-0.3, -0.25) is 19.2 Å². The third kappa shape index (κ3) is 43.2. The minimum absolute atomic E-state index is 0. The van der Waals surface area contributed by atoms with Gasteiger partial charge >= 0.3 is 118 Å². The van der Waals surface area contributed by atoms with Crippen molar-refractivity contribution < 1.29 is 273 Å². The van der Waals surface area contributed by atoms with Crippen LogP contribution in [0.4, 0.5) is 0 Å². The number of aliphatic hydroxyl groups is 20. The third-order valence-corrected chi connectivity index (χ3v) is 7.36. The molecule has 0 spiro atoms. The van der Waals surface area contributed by atoms with Crippen molar-refractivity contribution in [2.75, 3.05) is 52.9 Å². The van der Waals surface area contributed by atoms with E-state index in [1.165, 1.54) is 0 Å². The van der Waals surface area contributed by atoms with Crippen molar-refractivity contribution in [2.24, 2.45) is 0 Å². The van der Waals surface area contributed by atoms with E-state index in [2.05, 4.69) is 4.31 Å². The molecule has 0 bridgehead atoms. The monoisotopic (exact) mass is 986 g/mol. The predicted octanol–water partition coefficient (Wildman–Crippen LogP) is -28.8. The second kappa shape index (κ2) is 45.9. The van der Waals surface area contributed by atoms with Gasteiger partial charge in [0.05, 0.1) is 42.1 Å². The van der Waals surface area contributed by atoms with Crippen molar-refractivity contribution in [2.45, 2.75) is 73.2 Å². The van der Waals surface area contributed by atoms with Crippen LogP contribution in [0.25, 0.3) is 0 Å². The van der Waals surface area contributed by atoms with Crippen molar-refractivity contribution in [3.05, 3.63) is 0 Å². The normalized spacial score (nSPS) is 16.5. The molecule has 0 aromatic rings. The average Bonchev–Trinajstić information content (AvgIpc) is 3.17. The molecule has 0 aliphatic rings. The fourth-order valence-corrected chi connectivity index (χ4v) is 3.51. The summed E-state index contributed by atoms with van der Waals surface area (Å²) in [7, 11) is -11.4. The first-order chi connectivity index (χ1) is 25.9. The molecule has 61 heavy (non-hydrogen) atoms. The van der Waals surface area contributed by atoms with Gasteiger partial charge in [-0.1, -0.05) is 0 Å². The molecule has 0 heterocycles. The second-order valence-corrected chi connectivity index (χ2v) is 12.7. The Bertz CT molecular complexity index is 1040. The van der Waals surface area contributed by atoms with E-state index in [0.29, 0.717) is 0 Å². The van der Waals surface area contributed by atoms with Gasteiger partial charge in [0.25, 0.3) is 0 Å². The molecule has 20 N–H and O–H groups in total. The van der Waals surface area contributed by atoms with E-state index >= 15 is 0 Å². The molecule has 0 saturated carbocycles. The van der Waals surface area contributed by atoms with Crippen molar-refractivity contribution in [3.63, 3.8) is 0 Å². The number of hydrogen-bond acceptors (Lipinski definition) is 31. The molecule has 12 atom stereocenters.